The SMILES string of the molecule is COCC#CCN([Si](C)(C)C)[Si](C)(C)C. The van der Waals surface area contributed by atoms with E-state index < -0.39 is 16.5 Å². The minimum Gasteiger partial charge on any atom is -0.372 e. The van der Waals surface area contributed by atoms with Gasteiger partial charge < -0.3 is 8.97 Å². The van der Waals surface area contributed by atoms with Crippen molar-refractivity contribution in [3.05, 3.63) is 0 Å². The first-order valence-corrected chi connectivity index (χ1v) is 12.3. The summed E-state index contributed by atoms with van der Waals surface area (Å²) in [7, 11) is -0.777. The Bertz CT molecular complexity index is 228. The van der Waals surface area contributed by atoms with Gasteiger partial charge in [-0.1, -0.05) is 51.1 Å². The highest BCUT2D eigenvalue weighted by atomic mass is 28.4. The first-order valence-electron chi connectivity index (χ1n) is 5.42. The number of methoxy groups -OCH3 is 1. The lowest BCUT2D eigenvalue weighted by atomic mass is 10.6. The molecule has 15 heavy (non-hydrogen) atoms. The Hall–Kier alpha value is -0.0862. The van der Waals surface area contributed by atoms with Crippen LogP contribution in [0.25, 0.3) is 0 Å². The molecule has 0 rings (SSSR count). The molecule has 0 saturated heterocycles. The summed E-state index contributed by atoms with van der Waals surface area (Å²) in [4.78, 5) is 0. The van der Waals surface area contributed by atoms with Gasteiger partial charge in [0.05, 0.1) is 0 Å². The first-order chi connectivity index (χ1) is 6.69. The quantitative estimate of drug-likeness (QED) is 0.556. The number of ether oxygens (including phenoxy) is 1. The van der Waals surface area contributed by atoms with Crippen LogP contribution in [0.4, 0.5) is 0 Å². The van der Waals surface area contributed by atoms with Gasteiger partial charge in [-0.05, 0) is 0 Å². The van der Waals surface area contributed by atoms with Crippen LogP contribution in [0, 0.1) is 11.8 Å². The van der Waals surface area contributed by atoms with Gasteiger partial charge in [-0.15, -0.1) is 0 Å². The summed E-state index contributed by atoms with van der Waals surface area (Å²) in [5.41, 5.74) is 0. The topological polar surface area (TPSA) is 12.5 Å². The van der Waals surface area contributed by atoms with Crippen LogP contribution in [0.1, 0.15) is 0 Å². The smallest absolute Gasteiger partial charge is 0.113 e. The van der Waals surface area contributed by atoms with Crippen molar-refractivity contribution in [2.24, 2.45) is 0 Å². The van der Waals surface area contributed by atoms with Crippen molar-refractivity contribution in [2.75, 3.05) is 20.3 Å². The normalized spacial score (nSPS) is 12.5. The maximum absolute atomic E-state index is 4.93. The second-order valence-electron chi connectivity index (χ2n) is 5.71. The van der Waals surface area contributed by atoms with E-state index in [1.807, 2.05) is 0 Å². The fraction of sp³-hybridized carbons (Fsp3) is 0.818. The van der Waals surface area contributed by atoms with Gasteiger partial charge >= 0.3 is 0 Å². The number of hydrogen-bond donors (Lipinski definition) is 0. The predicted molar refractivity (Wildman–Crippen MR) is 73.1 cm³/mol. The molecule has 0 saturated carbocycles. The van der Waals surface area contributed by atoms with Crippen molar-refractivity contribution < 1.29 is 4.74 Å². The third kappa shape index (κ3) is 6.15. The van der Waals surface area contributed by atoms with Crippen molar-refractivity contribution >= 4 is 16.5 Å². The van der Waals surface area contributed by atoms with Gasteiger partial charge in [0.15, 0.2) is 0 Å². The highest BCUT2D eigenvalue weighted by Crippen LogP contribution is 2.18. The van der Waals surface area contributed by atoms with E-state index in [2.05, 4.69) is 55.4 Å². The molecular formula is C11H25NOSi2. The average molecular weight is 243 g/mol. The van der Waals surface area contributed by atoms with Crippen molar-refractivity contribution in [2.45, 2.75) is 39.3 Å². The molecule has 0 unspecified atom stereocenters. The fourth-order valence-electron chi connectivity index (χ4n) is 1.74. The van der Waals surface area contributed by atoms with Crippen molar-refractivity contribution in [1.82, 2.24) is 4.23 Å². The van der Waals surface area contributed by atoms with Crippen LogP contribution in [-0.2, 0) is 4.74 Å². The van der Waals surface area contributed by atoms with Crippen molar-refractivity contribution in [3.63, 3.8) is 0 Å². The molecule has 0 aromatic carbocycles. The fourth-order valence-corrected chi connectivity index (χ4v) is 10.9. The lowest BCUT2D eigenvalue weighted by Crippen LogP contribution is -2.59. The molecule has 88 valence electrons. The third-order valence-electron chi connectivity index (χ3n) is 2.20. The first kappa shape index (κ1) is 14.9. The van der Waals surface area contributed by atoms with Gasteiger partial charge in [0.2, 0.25) is 0 Å². The van der Waals surface area contributed by atoms with Gasteiger partial charge in [0, 0.05) is 13.7 Å². The Kier molecular flexibility index (Phi) is 5.82. The third-order valence-corrected chi connectivity index (χ3v) is 9.78. The molecule has 0 fully saturated rings. The number of nitrogens with zero attached hydrogens (tertiary/aromatic N) is 1. The van der Waals surface area contributed by atoms with Crippen LogP contribution in [0.15, 0.2) is 0 Å². The highest BCUT2D eigenvalue weighted by molar-refractivity contribution is 6.89. The van der Waals surface area contributed by atoms with E-state index in [9.17, 15) is 0 Å². The molecule has 0 aliphatic heterocycles. The summed E-state index contributed by atoms with van der Waals surface area (Å²) in [6, 6.07) is 0. The molecule has 0 radical (unpaired) electrons. The van der Waals surface area contributed by atoms with Crippen LogP contribution >= 0.6 is 0 Å². The molecule has 0 aromatic heterocycles. The molecule has 4 heteroatoms. The van der Waals surface area contributed by atoms with E-state index in [-0.39, 0.29) is 0 Å². The zero-order valence-electron chi connectivity index (χ0n) is 11.3. The Morgan fingerprint density at radius 1 is 0.933 bits per heavy atom. The van der Waals surface area contributed by atoms with Crippen molar-refractivity contribution in [1.29, 1.82) is 0 Å². The second-order valence-corrected chi connectivity index (χ2v) is 15.9. The van der Waals surface area contributed by atoms with Gasteiger partial charge in [-0.3, -0.25) is 0 Å². The second kappa shape index (κ2) is 5.85. The molecule has 0 heterocycles. The van der Waals surface area contributed by atoms with Crippen LogP contribution in [0.2, 0.25) is 39.3 Å². The minimum absolute atomic E-state index is 0.547. The number of rotatable bonds is 4. The summed E-state index contributed by atoms with van der Waals surface area (Å²) in [6.07, 6.45) is 0. The van der Waals surface area contributed by atoms with Gasteiger partial charge in [0.1, 0.15) is 23.1 Å². The number of hydrogen-bond acceptors (Lipinski definition) is 2. The summed E-state index contributed by atoms with van der Waals surface area (Å²) in [5.74, 6) is 6.26. The standard InChI is InChI=1S/C11H25NOSi2/c1-13-11-9-8-10-12(14(2,3)4)15(5,6)7/h10-11H2,1-7H3. The molecule has 0 spiro atoms. The monoisotopic (exact) mass is 243 g/mol. The Morgan fingerprint density at radius 3 is 1.73 bits per heavy atom. The van der Waals surface area contributed by atoms with E-state index in [1.54, 1.807) is 7.11 Å². The van der Waals surface area contributed by atoms with Gasteiger partial charge in [-0.25, -0.2) is 0 Å². The Balaban J connectivity index is 4.51. The highest BCUT2D eigenvalue weighted by Gasteiger charge is 2.33. The molecule has 2 nitrogen and oxygen atoms in total. The zero-order chi connectivity index (χ0) is 12.1. The largest absolute Gasteiger partial charge is 0.372 e. The molecule has 0 atom stereocenters. The molecule has 0 bridgehead atoms. The average Bonchev–Trinajstić information content (AvgIpc) is 1.99. The molecule has 0 aliphatic rings. The lowest BCUT2D eigenvalue weighted by molar-refractivity contribution is 0.239. The van der Waals surface area contributed by atoms with E-state index in [4.69, 9.17) is 4.74 Å². The molecular weight excluding hydrogens is 218 g/mol. The van der Waals surface area contributed by atoms with Gasteiger partial charge in [-0.2, -0.15) is 0 Å². The minimum atomic E-state index is -1.23. The predicted octanol–water partition coefficient (Wildman–Crippen LogP) is 2.61. The molecule has 0 amide bonds. The summed E-state index contributed by atoms with van der Waals surface area (Å²) >= 11 is 0. The Morgan fingerprint density at radius 2 is 1.40 bits per heavy atom. The summed E-state index contributed by atoms with van der Waals surface area (Å²) < 4.78 is 7.59. The molecule has 0 N–H and O–H groups in total. The maximum atomic E-state index is 4.93. The van der Waals surface area contributed by atoms with Crippen LogP contribution in [0.3, 0.4) is 0 Å². The Labute approximate surface area is 97.2 Å². The van der Waals surface area contributed by atoms with Crippen LogP contribution in [0.5, 0.6) is 0 Å². The van der Waals surface area contributed by atoms with E-state index in [0.29, 0.717) is 6.61 Å². The van der Waals surface area contributed by atoms with Crippen LogP contribution in [-0.4, -0.2) is 41.0 Å². The van der Waals surface area contributed by atoms with Crippen LogP contribution < -0.4 is 0 Å². The van der Waals surface area contributed by atoms with E-state index in [0.717, 1.165) is 6.54 Å². The zero-order valence-corrected chi connectivity index (χ0v) is 13.3. The van der Waals surface area contributed by atoms with E-state index in [1.165, 1.54) is 0 Å². The summed E-state index contributed by atoms with van der Waals surface area (Å²) in [6.45, 7) is 15.8. The summed E-state index contributed by atoms with van der Waals surface area (Å²) in [5, 5.41) is 0. The molecule has 0 aromatic rings. The lowest BCUT2D eigenvalue weighted by Gasteiger charge is -2.42. The van der Waals surface area contributed by atoms with Crippen molar-refractivity contribution in [3.8, 4) is 11.8 Å². The molecule has 0 aliphatic carbocycles. The van der Waals surface area contributed by atoms with Gasteiger partial charge in [0.25, 0.3) is 0 Å². The van der Waals surface area contributed by atoms with E-state index >= 15 is 0 Å². The maximum Gasteiger partial charge on any atom is 0.113 e.